The van der Waals surface area contributed by atoms with Gasteiger partial charge in [0.05, 0.1) is 23.2 Å². The molecule has 0 aliphatic rings. The second kappa shape index (κ2) is 5.73. The first-order chi connectivity index (χ1) is 9.40. The van der Waals surface area contributed by atoms with Crippen LogP contribution >= 0.6 is 15.9 Å². The zero-order valence-electron chi connectivity index (χ0n) is 9.91. The molecule has 0 radical (unpaired) electrons. The number of halogens is 1. The van der Waals surface area contributed by atoms with Crippen molar-refractivity contribution in [1.82, 2.24) is 9.88 Å². The van der Waals surface area contributed by atoms with E-state index >= 15 is 0 Å². The number of carbonyl (C=O) groups is 1. The number of hydrogen-bond acceptors (Lipinski definition) is 5. The summed E-state index contributed by atoms with van der Waals surface area (Å²) in [6.07, 6.45) is 1.39. The molecule has 2 aromatic rings. The fourth-order valence-electron chi connectivity index (χ4n) is 1.42. The van der Waals surface area contributed by atoms with Gasteiger partial charge < -0.3 is 9.63 Å². The van der Waals surface area contributed by atoms with Gasteiger partial charge >= 0.3 is 5.97 Å². The predicted octanol–water partition coefficient (Wildman–Crippen LogP) is 1.61. The molecular formula is C11H9BrN2O5S. The first-order valence-electron chi connectivity index (χ1n) is 5.32. The van der Waals surface area contributed by atoms with Crippen molar-refractivity contribution >= 4 is 31.9 Å². The highest BCUT2D eigenvalue weighted by atomic mass is 79.9. The molecule has 0 saturated heterocycles. The van der Waals surface area contributed by atoms with Crippen molar-refractivity contribution in [2.24, 2.45) is 0 Å². The second-order valence-corrected chi connectivity index (χ2v) is 6.37. The van der Waals surface area contributed by atoms with Gasteiger partial charge in [0, 0.05) is 10.5 Å². The maximum Gasteiger partial charge on any atom is 0.336 e. The molecule has 0 unspecified atom stereocenters. The van der Waals surface area contributed by atoms with E-state index in [-0.39, 0.29) is 17.0 Å². The summed E-state index contributed by atoms with van der Waals surface area (Å²) >= 11 is 3.05. The smallest absolute Gasteiger partial charge is 0.336 e. The third-order valence-electron chi connectivity index (χ3n) is 2.41. The van der Waals surface area contributed by atoms with Crippen LogP contribution in [0.15, 0.2) is 44.4 Å². The van der Waals surface area contributed by atoms with Gasteiger partial charge in [-0.2, -0.15) is 0 Å². The van der Waals surface area contributed by atoms with Gasteiger partial charge in [-0.3, -0.25) is 0 Å². The van der Waals surface area contributed by atoms with Gasteiger partial charge in [-0.15, -0.1) is 0 Å². The Morgan fingerprint density at radius 2 is 2.15 bits per heavy atom. The van der Waals surface area contributed by atoms with Gasteiger partial charge in [0.2, 0.25) is 10.0 Å². The topological polar surface area (TPSA) is 110 Å². The Hall–Kier alpha value is -1.71. The molecule has 0 atom stereocenters. The zero-order chi connectivity index (χ0) is 14.8. The van der Waals surface area contributed by atoms with E-state index in [9.17, 15) is 13.2 Å². The molecule has 0 bridgehead atoms. The van der Waals surface area contributed by atoms with E-state index < -0.39 is 16.0 Å². The lowest BCUT2D eigenvalue weighted by molar-refractivity contribution is 0.0695. The average molecular weight is 361 g/mol. The number of nitrogens with zero attached hydrogens (tertiary/aromatic N) is 1. The zero-order valence-corrected chi connectivity index (χ0v) is 12.3. The third-order valence-corrected chi connectivity index (χ3v) is 4.50. The SMILES string of the molecule is O=C(O)c1cc(S(=O)(=O)NCc2ccno2)ccc1Br. The molecule has 0 aliphatic heterocycles. The highest BCUT2D eigenvalue weighted by Gasteiger charge is 2.18. The van der Waals surface area contributed by atoms with E-state index in [1.54, 1.807) is 0 Å². The molecule has 1 heterocycles. The lowest BCUT2D eigenvalue weighted by Gasteiger charge is -2.07. The number of sulfonamides is 1. The summed E-state index contributed by atoms with van der Waals surface area (Å²) in [6.45, 7) is -0.0686. The molecule has 0 fully saturated rings. The maximum atomic E-state index is 12.0. The average Bonchev–Trinajstić information content (AvgIpc) is 2.89. The Labute approximate surface area is 122 Å². The Morgan fingerprint density at radius 1 is 1.40 bits per heavy atom. The summed E-state index contributed by atoms with van der Waals surface area (Å²) in [7, 11) is -3.83. The van der Waals surface area contributed by atoms with Crippen molar-refractivity contribution in [1.29, 1.82) is 0 Å². The lowest BCUT2D eigenvalue weighted by Crippen LogP contribution is -2.23. The predicted molar refractivity (Wildman–Crippen MR) is 71.6 cm³/mol. The monoisotopic (exact) mass is 360 g/mol. The summed E-state index contributed by atoms with van der Waals surface area (Å²) in [5, 5.41) is 12.4. The van der Waals surface area contributed by atoms with Crippen molar-refractivity contribution in [3.8, 4) is 0 Å². The third kappa shape index (κ3) is 3.24. The minimum atomic E-state index is -3.83. The summed E-state index contributed by atoms with van der Waals surface area (Å²) in [6, 6.07) is 5.27. The minimum Gasteiger partial charge on any atom is -0.478 e. The molecule has 7 nitrogen and oxygen atoms in total. The summed E-state index contributed by atoms with van der Waals surface area (Å²) in [5.74, 6) is -0.867. The van der Waals surface area contributed by atoms with Crippen molar-refractivity contribution in [3.63, 3.8) is 0 Å². The lowest BCUT2D eigenvalue weighted by atomic mass is 10.2. The molecule has 2 rings (SSSR count). The fourth-order valence-corrected chi connectivity index (χ4v) is 2.85. The Kier molecular flexibility index (Phi) is 4.21. The molecule has 0 aliphatic carbocycles. The van der Waals surface area contributed by atoms with Crippen LogP contribution in [0.2, 0.25) is 0 Å². The van der Waals surface area contributed by atoms with Crippen LogP contribution in [0.4, 0.5) is 0 Å². The molecule has 2 N–H and O–H groups in total. The van der Waals surface area contributed by atoms with Gasteiger partial charge in [-0.05, 0) is 34.1 Å². The summed E-state index contributed by atoms with van der Waals surface area (Å²) in [5.41, 5.74) is -0.132. The maximum absolute atomic E-state index is 12.0. The second-order valence-electron chi connectivity index (χ2n) is 3.75. The van der Waals surface area contributed by atoms with Crippen molar-refractivity contribution in [2.75, 3.05) is 0 Å². The molecule has 9 heteroatoms. The summed E-state index contributed by atoms with van der Waals surface area (Å²) in [4.78, 5) is 10.8. The molecule has 0 saturated carbocycles. The highest BCUT2D eigenvalue weighted by molar-refractivity contribution is 9.10. The van der Waals surface area contributed by atoms with Crippen LogP contribution in [0.5, 0.6) is 0 Å². The molecule has 0 spiro atoms. The Bertz CT molecular complexity index is 727. The number of benzene rings is 1. The largest absolute Gasteiger partial charge is 0.478 e. The van der Waals surface area contributed by atoms with E-state index in [0.29, 0.717) is 10.2 Å². The van der Waals surface area contributed by atoms with Gasteiger partial charge in [-0.25, -0.2) is 17.9 Å². The number of aromatic carboxylic acids is 1. The van der Waals surface area contributed by atoms with Gasteiger partial charge in [-0.1, -0.05) is 5.16 Å². The van der Waals surface area contributed by atoms with Crippen LogP contribution < -0.4 is 4.72 Å². The van der Waals surface area contributed by atoms with Gasteiger partial charge in [0.25, 0.3) is 0 Å². The summed E-state index contributed by atoms with van der Waals surface area (Å²) < 4.78 is 31.4. The quantitative estimate of drug-likeness (QED) is 0.838. The molecule has 1 aromatic heterocycles. The molecular weight excluding hydrogens is 352 g/mol. The fraction of sp³-hybridized carbons (Fsp3) is 0.0909. The first kappa shape index (κ1) is 14.7. The standard InChI is InChI=1S/C11H9BrN2O5S/c12-10-2-1-8(5-9(10)11(15)16)20(17,18)14-6-7-3-4-13-19-7/h1-5,14H,6H2,(H,15,16). The molecule has 20 heavy (non-hydrogen) atoms. The number of hydrogen-bond donors (Lipinski definition) is 2. The molecule has 1 aromatic carbocycles. The van der Waals surface area contributed by atoms with Gasteiger partial charge in [0.15, 0.2) is 5.76 Å². The first-order valence-corrected chi connectivity index (χ1v) is 7.60. The van der Waals surface area contributed by atoms with Gasteiger partial charge in [0.1, 0.15) is 0 Å². The van der Waals surface area contributed by atoms with E-state index in [1.165, 1.54) is 24.4 Å². The number of carboxylic acid groups (broad SMARTS) is 1. The van der Waals surface area contributed by atoms with Crippen molar-refractivity contribution < 1.29 is 22.8 Å². The normalized spacial score (nSPS) is 11.4. The number of rotatable bonds is 5. The van der Waals surface area contributed by atoms with E-state index in [1.807, 2.05) is 0 Å². The molecule has 0 amide bonds. The van der Waals surface area contributed by atoms with Crippen LogP contribution in [-0.4, -0.2) is 24.7 Å². The van der Waals surface area contributed by atoms with Crippen LogP contribution in [0.25, 0.3) is 0 Å². The minimum absolute atomic E-state index is 0.0686. The van der Waals surface area contributed by atoms with Crippen molar-refractivity contribution in [3.05, 3.63) is 46.3 Å². The van der Waals surface area contributed by atoms with E-state index in [4.69, 9.17) is 9.63 Å². The van der Waals surface area contributed by atoms with Crippen LogP contribution in [0.1, 0.15) is 16.1 Å². The van der Waals surface area contributed by atoms with E-state index in [0.717, 1.165) is 6.07 Å². The number of carboxylic acids is 1. The van der Waals surface area contributed by atoms with Crippen LogP contribution in [-0.2, 0) is 16.6 Å². The number of aromatic nitrogens is 1. The van der Waals surface area contributed by atoms with Crippen LogP contribution in [0, 0.1) is 0 Å². The highest BCUT2D eigenvalue weighted by Crippen LogP contribution is 2.21. The Balaban J connectivity index is 2.25. The molecule has 106 valence electrons. The van der Waals surface area contributed by atoms with E-state index in [2.05, 4.69) is 25.8 Å². The van der Waals surface area contributed by atoms with Crippen LogP contribution in [0.3, 0.4) is 0 Å². The Morgan fingerprint density at radius 3 is 2.75 bits per heavy atom. The number of nitrogens with one attached hydrogen (secondary N) is 1. The van der Waals surface area contributed by atoms with Crippen molar-refractivity contribution in [2.45, 2.75) is 11.4 Å².